The van der Waals surface area contributed by atoms with Crippen LogP contribution in [0.1, 0.15) is 34.9 Å². The molecule has 1 atom stereocenters. The molecule has 90 valence electrons. The van der Waals surface area contributed by atoms with Gasteiger partial charge < -0.3 is 10.2 Å². The summed E-state index contributed by atoms with van der Waals surface area (Å²) < 4.78 is 5.32. The highest BCUT2D eigenvalue weighted by atomic mass is 16.3. The molecule has 0 spiro atoms. The number of aryl methyl sites for hydroxylation is 3. The van der Waals surface area contributed by atoms with Crippen LogP contribution in [0.3, 0.4) is 0 Å². The Hall–Kier alpha value is -1.54. The Morgan fingerprint density at radius 2 is 2.06 bits per heavy atom. The molecular weight excluding hydrogens is 210 g/mol. The van der Waals surface area contributed by atoms with Crippen molar-refractivity contribution in [1.29, 1.82) is 0 Å². The van der Waals surface area contributed by atoms with Crippen LogP contribution in [0.25, 0.3) is 0 Å². The fourth-order valence-electron chi connectivity index (χ4n) is 2.07. The third-order valence-electron chi connectivity index (χ3n) is 3.12. The molecule has 2 heteroatoms. The van der Waals surface area contributed by atoms with E-state index in [2.05, 4.69) is 32.0 Å². The molecule has 1 aromatic heterocycles. The van der Waals surface area contributed by atoms with Gasteiger partial charge in [0.1, 0.15) is 5.76 Å². The van der Waals surface area contributed by atoms with Gasteiger partial charge in [0.05, 0.1) is 6.26 Å². The number of benzene rings is 1. The van der Waals surface area contributed by atoms with Crippen LogP contribution in [0.15, 0.2) is 41.0 Å². The predicted molar refractivity (Wildman–Crippen MR) is 69.9 cm³/mol. The number of nitrogens with two attached hydrogens (primary N) is 1. The Labute approximate surface area is 102 Å². The topological polar surface area (TPSA) is 39.2 Å². The van der Waals surface area contributed by atoms with Gasteiger partial charge in [0.2, 0.25) is 0 Å². The SMILES string of the molecule is Cc1ccc(C)c(C(N)CCc2ccco2)c1. The average Bonchev–Trinajstić information content (AvgIpc) is 2.82. The highest BCUT2D eigenvalue weighted by Crippen LogP contribution is 2.21. The predicted octanol–water partition coefficient (Wildman–Crippen LogP) is 3.53. The van der Waals surface area contributed by atoms with Crippen molar-refractivity contribution >= 4 is 0 Å². The van der Waals surface area contributed by atoms with Gasteiger partial charge in [0, 0.05) is 12.5 Å². The minimum atomic E-state index is 0.0833. The Morgan fingerprint density at radius 3 is 2.76 bits per heavy atom. The van der Waals surface area contributed by atoms with Crippen LogP contribution < -0.4 is 5.73 Å². The Bertz CT molecular complexity index is 474. The second-order valence-electron chi connectivity index (χ2n) is 4.58. The lowest BCUT2D eigenvalue weighted by atomic mass is 9.96. The summed E-state index contributed by atoms with van der Waals surface area (Å²) in [5.74, 6) is 1.01. The molecule has 1 heterocycles. The molecule has 0 fully saturated rings. The Morgan fingerprint density at radius 1 is 1.24 bits per heavy atom. The monoisotopic (exact) mass is 229 g/mol. The van der Waals surface area contributed by atoms with Crippen molar-refractivity contribution in [3.8, 4) is 0 Å². The number of rotatable bonds is 4. The molecule has 17 heavy (non-hydrogen) atoms. The third-order valence-corrected chi connectivity index (χ3v) is 3.12. The highest BCUT2D eigenvalue weighted by molar-refractivity contribution is 5.32. The van der Waals surface area contributed by atoms with E-state index in [9.17, 15) is 0 Å². The second kappa shape index (κ2) is 5.19. The molecule has 0 bridgehead atoms. The lowest BCUT2D eigenvalue weighted by Crippen LogP contribution is -2.12. The summed E-state index contributed by atoms with van der Waals surface area (Å²) in [6.07, 6.45) is 3.51. The van der Waals surface area contributed by atoms with Crippen molar-refractivity contribution in [3.05, 3.63) is 59.0 Å². The first kappa shape index (κ1) is 11.9. The van der Waals surface area contributed by atoms with E-state index in [1.807, 2.05) is 12.1 Å². The minimum Gasteiger partial charge on any atom is -0.469 e. The van der Waals surface area contributed by atoms with Crippen molar-refractivity contribution in [2.45, 2.75) is 32.7 Å². The smallest absolute Gasteiger partial charge is 0.103 e. The van der Waals surface area contributed by atoms with E-state index < -0.39 is 0 Å². The normalized spacial score (nSPS) is 12.6. The largest absolute Gasteiger partial charge is 0.469 e. The van der Waals surface area contributed by atoms with Crippen LogP contribution >= 0.6 is 0 Å². The van der Waals surface area contributed by atoms with E-state index >= 15 is 0 Å². The molecule has 0 saturated heterocycles. The van der Waals surface area contributed by atoms with Gasteiger partial charge >= 0.3 is 0 Å². The van der Waals surface area contributed by atoms with Gasteiger partial charge in [0.25, 0.3) is 0 Å². The van der Waals surface area contributed by atoms with Crippen LogP contribution in [-0.4, -0.2) is 0 Å². The van der Waals surface area contributed by atoms with Crippen LogP contribution in [0, 0.1) is 13.8 Å². The first-order chi connectivity index (χ1) is 8.16. The van der Waals surface area contributed by atoms with E-state index in [1.54, 1.807) is 6.26 Å². The summed E-state index contributed by atoms with van der Waals surface area (Å²) in [7, 11) is 0. The molecule has 2 nitrogen and oxygen atoms in total. The van der Waals surface area contributed by atoms with E-state index in [1.165, 1.54) is 16.7 Å². The first-order valence-electron chi connectivity index (χ1n) is 6.02. The minimum absolute atomic E-state index is 0.0833. The Balaban J connectivity index is 2.04. The molecular formula is C15H19NO. The molecule has 0 radical (unpaired) electrons. The van der Waals surface area contributed by atoms with Gasteiger partial charge in [-0.2, -0.15) is 0 Å². The van der Waals surface area contributed by atoms with Crippen LogP contribution in [0.2, 0.25) is 0 Å². The quantitative estimate of drug-likeness (QED) is 0.871. The maximum atomic E-state index is 6.24. The number of hydrogen-bond donors (Lipinski definition) is 1. The Kier molecular flexibility index (Phi) is 3.64. The summed E-state index contributed by atoms with van der Waals surface area (Å²) in [6, 6.07) is 10.4. The third kappa shape index (κ3) is 2.98. The molecule has 0 saturated carbocycles. The lowest BCUT2D eigenvalue weighted by Gasteiger charge is -2.14. The molecule has 1 unspecified atom stereocenters. The maximum Gasteiger partial charge on any atom is 0.103 e. The standard InChI is InChI=1S/C15H19NO/c1-11-5-6-12(2)14(10-11)15(16)8-7-13-4-3-9-17-13/h3-6,9-10,15H,7-8,16H2,1-2H3. The molecule has 0 aliphatic carbocycles. The molecule has 0 amide bonds. The van der Waals surface area contributed by atoms with Crippen LogP contribution in [-0.2, 0) is 6.42 Å². The van der Waals surface area contributed by atoms with Crippen molar-refractivity contribution in [2.24, 2.45) is 5.73 Å². The van der Waals surface area contributed by atoms with Crippen LogP contribution in [0.4, 0.5) is 0 Å². The van der Waals surface area contributed by atoms with E-state index in [4.69, 9.17) is 10.2 Å². The zero-order chi connectivity index (χ0) is 12.3. The summed E-state index contributed by atoms with van der Waals surface area (Å²) in [5, 5.41) is 0. The van der Waals surface area contributed by atoms with Gasteiger partial charge in [-0.05, 0) is 43.5 Å². The number of furan rings is 1. The summed E-state index contributed by atoms with van der Waals surface area (Å²) >= 11 is 0. The molecule has 0 aliphatic heterocycles. The van der Waals surface area contributed by atoms with Gasteiger partial charge in [-0.15, -0.1) is 0 Å². The molecule has 2 N–H and O–H groups in total. The molecule has 2 rings (SSSR count). The highest BCUT2D eigenvalue weighted by Gasteiger charge is 2.10. The van der Waals surface area contributed by atoms with Gasteiger partial charge in [-0.3, -0.25) is 0 Å². The van der Waals surface area contributed by atoms with Crippen molar-refractivity contribution in [3.63, 3.8) is 0 Å². The van der Waals surface area contributed by atoms with Crippen LogP contribution in [0.5, 0.6) is 0 Å². The van der Waals surface area contributed by atoms with Crippen molar-refractivity contribution < 1.29 is 4.42 Å². The van der Waals surface area contributed by atoms with Gasteiger partial charge in [0.15, 0.2) is 0 Å². The lowest BCUT2D eigenvalue weighted by molar-refractivity contribution is 0.488. The fraction of sp³-hybridized carbons (Fsp3) is 0.333. The van der Waals surface area contributed by atoms with Gasteiger partial charge in [-0.25, -0.2) is 0 Å². The summed E-state index contributed by atoms with van der Waals surface area (Å²) in [6.45, 7) is 4.21. The average molecular weight is 229 g/mol. The second-order valence-corrected chi connectivity index (χ2v) is 4.58. The maximum absolute atomic E-state index is 6.24. The van der Waals surface area contributed by atoms with E-state index in [0.717, 1.165) is 18.6 Å². The first-order valence-corrected chi connectivity index (χ1v) is 6.02. The zero-order valence-corrected chi connectivity index (χ0v) is 10.4. The van der Waals surface area contributed by atoms with Gasteiger partial charge in [-0.1, -0.05) is 23.8 Å². The number of hydrogen-bond acceptors (Lipinski definition) is 2. The van der Waals surface area contributed by atoms with E-state index in [0.29, 0.717) is 0 Å². The summed E-state index contributed by atoms with van der Waals surface area (Å²) in [4.78, 5) is 0. The molecule has 1 aromatic carbocycles. The van der Waals surface area contributed by atoms with Crippen molar-refractivity contribution in [2.75, 3.05) is 0 Å². The molecule has 2 aromatic rings. The molecule has 0 aliphatic rings. The fourth-order valence-corrected chi connectivity index (χ4v) is 2.07. The zero-order valence-electron chi connectivity index (χ0n) is 10.4. The van der Waals surface area contributed by atoms with Crippen molar-refractivity contribution in [1.82, 2.24) is 0 Å². The van der Waals surface area contributed by atoms with E-state index in [-0.39, 0.29) is 6.04 Å². The summed E-state index contributed by atoms with van der Waals surface area (Å²) in [5.41, 5.74) is 10.0.